The summed E-state index contributed by atoms with van der Waals surface area (Å²) in [4.78, 5) is 24.1. The van der Waals surface area contributed by atoms with Crippen molar-refractivity contribution in [2.24, 2.45) is 5.92 Å². The Bertz CT molecular complexity index is 685. The summed E-state index contributed by atoms with van der Waals surface area (Å²) in [6.45, 7) is 0. The first kappa shape index (κ1) is 14.6. The van der Waals surface area contributed by atoms with E-state index in [4.69, 9.17) is 16.3 Å². The number of amides is 1. The summed E-state index contributed by atoms with van der Waals surface area (Å²) in [6.07, 6.45) is -0.458. The van der Waals surface area contributed by atoms with E-state index in [2.05, 4.69) is 5.32 Å². The molecule has 0 aliphatic carbocycles. The molecule has 0 unspecified atom stereocenters. The molecule has 1 saturated heterocycles. The maximum atomic E-state index is 12.5. The lowest BCUT2D eigenvalue weighted by Crippen LogP contribution is -2.25. The van der Waals surface area contributed by atoms with E-state index >= 15 is 0 Å². The average Bonchev–Trinajstić information content (AvgIpc) is 2.92. The van der Waals surface area contributed by atoms with Gasteiger partial charge in [0.05, 0.1) is 12.3 Å². The molecule has 2 aromatic rings. The first-order valence-corrected chi connectivity index (χ1v) is 7.32. The van der Waals surface area contributed by atoms with Crippen LogP contribution < -0.4 is 5.32 Å². The Labute approximate surface area is 133 Å². The summed E-state index contributed by atoms with van der Waals surface area (Å²) >= 11 is 5.82. The number of cyclic esters (lactones) is 1. The predicted molar refractivity (Wildman–Crippen MR) is 83.5 cm³/mol. The number of carbonyl (C=O) groups excluding carboxylic acids is 2. The molecular formula is C17H14ClNO3. The highest BCUT2D eigenvalue weighted by Crippen LogP contribution is 2.36. The molecule has 2 atom stereocenters. The van der Waals surface area contributed by atoms with Gasteiger partial charge in [-0.05, 0) is 29.8 Å². The van der Waals surface area contributed by atoms with Crippen molar-refractivity contribution >= 4 is 29.2 Å². The first-order valence-electron chi connectivity index (χ1n) is 6.94. The number of ether oxygens (including phenoxy) is 1. The molecule has 5 heteroatoms. The number of carbonyl (C=O) groups is 2. The molecule has 1 aliphatic rings. The molecule has 0 saturated carbocycles. The van der Waals surface area contributed by atoms with Crippen LogP contribution in [0.15, 0.2) is 54.6 Å². The van der Waals surface area contributed by atoms with Gasteiger partial charge in [-0.15, -0.1) is 0 Å². The van der Waals surface area contributed by atoms with E-state index in [1.807, 2.05) is 30.3 Å². The zero-order valence-electron chi connectivity index (χ0n) is 11.7. The zero-order valence-corrected chi connectivity index (χ0v) is 12.4. The monoisotopic (exact) mass is 315 g/mol. The number of anilines is 1. The fraction of sp³-hybridized carbons (Fsp3) is 0.176. The smallest absolute Gasteiger partial charge is 0.307 e. The van der Waals surface area contributed by atoms with Gasteiger partial charge in [0.25, 0.3) is 0 Å². The highest BCUT2D eigenvalue weighted by molar-refractivity contribution is 6.30. The molecule has 2 aromatic carbocycles. The van der Waals surface area contributed by atoms with Gasteiger partial charge >= 0.3 is 5.97 Å². The quantitative estimate of drug-likeness (QED) is 0.881. The van der Waals surface area contributed by atoms with Crippen molar-refractivity contribution in [3.05, 3.63) is 65.2 Å². The largest absolute Gasteiger partial charge is 0.457 e. The fourth-order valence-electron chi connectivity index (χ4n) is 2.50. The number of benzene rings is 2. The first-order chi connectivity index (χ1) is 10.6. The highest BCUT2D eigenvalue weighted by atomic mass is 35.5. The normalized spacial score (nSPS) is 20.5. The van der Waals surface area contributed by atoms with Crippen molar-refractivity contribution < 1.29 is 14.3 Å². The van der Waals surface area contributed by atoms with Gasteiger partial charge in [-0.3, -0.25) is 9.59 Å². The third kappa shape index (κ3) is 3.12. The van der Waals surface area contributed by atoms with Crippen LogP contribution in [0.4, 0.5) is 5.69 Å². The SMILES string of the molecule is O=C1C[C@H](C(=O)Nc2ccc(Cl)cc2)[C@@H](c2ccccc2)O1. The predicted octanol–water partition coefficient (Wildman–Crippen LogP) is 3.58. The second-order valence-corrected chi connectivity index (χ2v) is 5.56. The summed E-state index contributed by atoms with van der Waals surface area (Å²) in [5.74, 6) is -1.13. The molecule has 112 valence electrons. The van der Waals surface area contributed by atoms with Gasteiger partial charge in [0.2, 0.25) is 5.91 Å². The molecule has 0 spiro atoms. The van der Waals surface area contributed by atoms with Crippen LogP contribution in [0, 0.1) is 5.92 Å². The lowest BCUT2D eigenvalue weighted by Gasteiger charge is -2.17. The fourth-order valence-corrected chi connectivity index (χ4v) is 2.63. The van der Waals surface area contributed by atoms with Crippen LogP contribution >= 0.6 is 11.6 Å². The summed E-state index contributed by atoms with van der Waals surface area (Å²) in [5.41, 5.74) is 1.46. The highest BCUT2D eigenvalue weighted by Gasteiger charge is 2.40. The second kappa shape index (κ2) is 6.20. The van der Waals surface area contributed by atoms with Gasteiger partial charge < -0.3 is 10.1 Å². The summed E-state index contributed by atoms with van der Waals surface area (Å²) in [7, 11) is 0. The van der Waals surface area contributed by atoms with Gasteiger partial charge in [-0.1, -0.05) is 41.9 Å². The summed E-state index contributed by atoms with van der Waals surface area (Å²) in [6, 6.07) is 16.1. The van der Waals surface area contributed by atoms with Crippen LogP contribution in [0.5, 0.6) is 0 Å². The van der Waals surface area contributed by atoms with Crippen LogP contribution in [0.2, 0.25) is 5.02 Å². The van der Waals surface area contributed by atoms with E-state index in [1.165, 1.54) is 0 Å². The Morgan fingerprint density at radius 3 is 2.45 bits per heavy atom. The van der Waals surface area contributed by atoms with Gasteiger partial charge in [-0.2, -0.15) is 0 Å². The van der Waals surface area contributed by atoms with E-state index in [9.17, 15) is 9.59 Å². The average molecular weight is 316 g/mol. The Hall–Kier alpha value is -2.33. The second-order valence-electron chi connectivity index (χ2n) is 5.13. The van der Waals surface area contributed by atoms with Gasteiger partial charge in [0.1, 0.15) is 6.10 Å². The third-order valence-corrected chi connectivity index (χ3v) is 3.84. The van der Waals surface area contributed by atoms with E-state index in [0.717, 1.165) is 5.56 Å². The molecule has 0 radical (unpaired) electrons. The maximum absolute atomic E-state index is 12.5. The Morgan fingerprint density at radius 2 is 1.77 bits per heavy atom. The van der Waals surface area contributed by atoms with Crippen LogP contribution in [0.3, 0.4) is 0 Å². The molecule has 22 heavy (non-hydrogen) atoms. The third-order valence-electron chi connectivity index (χ3n) is 3.59. The van der Waals surface area contributed by atoms with Crippen molar-refractivity contribution in [2.45, 2.75) is 12.5 Å². The van der Waals surface area contributed by atoms with Crippen molar-refractivity contribution in [1.82, 2.24) is 0 Å². The summed E-state index contributed by atoms with van der Waals surface area (Å²) < 4.78 is 5.32. The number of hydrogen-bond donors (Lipinski definition) is 1. The van der Waals surface area contributed by atoms with Gasteiger partial charge in [0, 0.05) is 10.7 Å². The molecule has 0 bridgehead atoms. The molecule has 0 aromatic heterocycles. The van der Waals surface area contributed by atoms with Gasteiger partial charge in [-0.25, -0.2) is 0 Å². The minimum Gasteiger partial charge on any atom is -0.457 e. The van der Waals surface area contributed by atoms with E-state index in [-0.39, 0.29) is 18.3 Å². The number of nitrogens with one attached hydrogen (secondary N) is 1. The lowest BCUT2D eigenvalue weighted by atomic mass is 9.94. The van der Waals surface area contributed by atoms with E-state index in [1.54, 1.807) is 24.3 Å². The Morgan fingerprint density at radius 1 is 1.09 bits per heavy atom. The van der Waals surface area contributed by atoms with E-state index in [0.29, 0.717) is 10.7 Å². The van der Waals surface area contributed by atoms with Crippen molar-refractivity contribution in [3.63, 3.8) is 0 Å². The van der Waals surface area contributed by atoms with Crippen molar-refractivity contribution in [1.29, 1.82) is 0 Å². The molecular weight excluding hydrogens is 302 g/mol. The Kier molecular flexibility index (Phi) is 4.11. The standard InChI is InChI=1S/C17H14ClNO3/c18-12-6-8-13(9-7-12)19-17(21)14-10-15(20)22-16(14)11-4-2-1-3-5-11/h1-9,14,16H,10H2,(H,19,21)/t14-,16+/m0/s1. The topological polar surface area (TPSA) is 55.4 Å². The molecule has 1 N–H and O–H groups in total. The minimum absolute atomic E-state index is 0.0823. The lowest BCUT2D eigenvalue weighted by molar-refractivity contribution is -0.141. The molecule has 4 nitrogen and oxygen atoms in total. The molecule has 1 heterocycles. The number of hydrogen-bond acceptors (Lipinski definition) is 3. The summed E-state index contributed by atoms with van der Waals surface area (Å²) in [5, 5.41) is 3.40. The number of rotatable bonds is 3. The van der Waals surface area contributed by atoms with Crippen LogP contribution in [0.1, 0.15) is 18.1 Å². The van der Waals surface area contributed by atoms with Crippen LogP contribution in [-0.2, 0) is 14.3 Å². The number of halogens is 1. The Balaban J connectivity index is 1.78. The van der Waals surface area contributed by atoms with E-state index < -0.39 is 12.0 Å². The van der Waals surface area contributed by atoms with Crippen LogP contribution in [-0.4, -0.2) is 11.9 Å². The molecule has 1 amide bonds. The minimum atomic E-state index is -0.541. The zero-order chi connectivity index (χ0) is 15.5. The molecule has 3 rings (SSSR count). The molecule has 1 aliphatic heterocycles. The molecule has 1 fully saturated rings. The van der Waals surface area contributed by atoms with Crippen molar-refractivity contribution in [3.8, 4) is 0 Å². The van der Waals surface area contributed by atoms with Crippen LogP contribution in [0.25, 0.3) is 0 Å². The number of esters is 1. The van der Waals surface area contributed by atoms with Crippen molar-refractivity contribution in [2.75, 3.05) is 5.32 Å². The van der Waals surface area contributed by atoms with Gasteiger partial charge in [0.15, 0.2) is 0 Å². The maximum Gasteiger partial charge on any atom is 0.307 e.